The molecule has 4 heteroatoms. The third kappa shape index (κ3) is 4.83. The predicted molar refractivity (Wildman–Crippen MR) is 103 cm³/mol. The third-order valence-electron chi connectivity index (χ3n) is 4.85. The number of benzene rings is 2. The first-order chi connectivity index (χ1) is 12.2. The maximum absolute atomic E-state index is 12.4. The summed E-state index contributed by atoms with van der Waals surface area (Å²) in [6, 6.07) is 18.8. The molecule has 1 fully saturated rings. The Kier molecular flexibility index (Phi) is 6.07. The zero-order valence-corrected chi connectivity index (χ0v) is 14.9. The summed E-state index contributed by atoms with van der Waals surface area (Å²) in [5, 5.41) is 3.39. The van der Waals surface area contributed by atoms with Gasteiger partial charge in [0.05, 0.1) is 0 Å². The lowest BCUT2D eigenvalue weighted by Gasteiger charge is -2.36. The van der Waals surface area contributed by atoms with Crippen molar-refractivity contribution in [1.82, 2.24) is 10.2 Å². The number of anilines is 1. The second-order valence-electron chi connectivity index (χ2n) is 6.56. The minimum atomic E-state index is 0.255. The molecule has 1 aliphatic heterocycles. The molecule has 2 aromatic carbocycles. The molecule has 0 radical (unpaired) electrons. The molecule has 0 aliphatic carbocycles. The van der Waals surface area contributed by atoms with Crippen LogP contribution in [0.4, 0.5) is 5.69 Å². The van der Waals surface area contributed by atoms with Gasteiger partial charge in [0, 0.05) is 51.4 Å². The Bertz CT molecular complexity index is 679. The smallest absolute Gasteiger partial charge is 0.223 e. The molecule has 25 heavy (non-hydrogen) atoms. The number of piperazine rings is 1. The number of para-hydroxylation sites is 1. The van der Waals surface area contributed by atoms with Gasteiger partial charge < -0.3 is 15.1 Å². The maximum atomic E-state index is 12.4. The Morgan fingerprint density at radius 3 is 2.36 bits per heavy atom. The molecule has 1 saturated heterocycles. The molecule has 0 aromatic heterocycles. The Morgan fingerprint density at radius 1 is 0.960 bits per heavy atom. The van der Waals surface area contributed by atoms with E-state index in [1.807, 2.05) is 11.0 Å². The highest BCUT2D eigenvalue weighted by atomic mass is 16.2. The molecular weight excluding hydrogens is 310 g/mol. The van der Waals surface area contributed by atoms with Gasteiger partial charge in [-0.3, -0.25) is 4.79 Å². The minimum Gasteiger partial charge on any atom is -0.368 e. The first kappa shape index (κ1) is 17.5. The number of nitrogens with one attached hydrogen (secondary N) is 1. The molecule has 0 atom stereocenters. The van der Waals surface area contributed by atoms with E-state index >= 15 is 0 Å². The Morgan fingerprint density at radius 2 is 1.64 bits per heavy atom. The molecule has 2 aromatic rings. The Labute approximate surface area is 150 Å². The van der Waals surface area contributed by atoms with Gasteiger partial charge in [-0.2, -0.15) is 0 Å². The molecule has 1 heterocycles. The third-order valence-corrected chi connectivity index (χ3v) is 4.85. The summed E-state index contributed by atoms with van der Waals surface area (Å²) in [6.45, 7) is 7.11. The number of aryl methyl sites for hydroxylation is 1. The summed E-state index contributed by atoms with van der Waals surface area (Å²) in [7, 11) is 0. The highest BCUT2D eigenvalue weighted by Crippen LogP contribution is 2.15. The first-order valence-electron chi connectivity index (χ1n) is 9.07. The fourth-order valence-corrected chi connectivity index (χ4v) is 3.24. The number of hydrogen-bond acceptors (Lipinski definition) is 3. The monoisotopic (exact) mass is 337 g/mol. The van der Waals surface area contributed by atoms with Crippen LogP contribution >= 0.6 is 0 Å². The molecular formula is C21H27N3O. The number of amides is 1. The van der Waals surface area contributed by atoms with Crippen molar-refractivity contribution in [3.63, 3.8) is 0 Å². The van der Waals surface area contributed by atoms with E-state index in [-0.39, 0.29) is 5.91 Å². The van der Waals surface area contributed by atoms with E-state index in [2.05, 4.69) is 65.7 Å². The van der Waals surface area contributed by atoms with Crippen molar-refractivity contribution >= 4 is 11.6 Å². The van der Waals surface area contributed by atoms with Crippen LogP contribution < -0.4 is 10.2 Å². The van der Waals surface area contributed by atoms with E-state index in [4.69, 9.17) is 0 Å². The molecule has 0 spiro atoms. The molecule has 0 saturated carbocycles. The number of nitrogens with zero attached hydrogens (tertiary/aromatic N) is 2. The lowest BCUT2D eigenvalue weighted by molar-refractivity contribution is -0.131. The van der Waals surface area contributed by atoms with E-state index in [0.29, 0.717) is 6.42 Å². The van der Waals surface area contributed by atoms with Gasteiger partial charge in [0.2, 0.25) is 5.91 Å². The summed E-state index contributed by atoms with van der Waals surface area (Å²) in [6.07, 6.45) is 0.567. The van der Waals surface area contributed by atoms with Crippen LogP contribution in [0, 0.1) is 6.92 Å². The van der Waals surface area contributed by atoms with Crippen molar-refractivity contribution < 1.29 is 4.79 Å². The second kappa shape index (κ2) is 8.67. The Hall–Kier alpha value is -2.33. The van der Waals surface area contributed by atoms with Gasteiger partial charge in [-0.05, 0) is 30.2 Å². The van der Waals surface area contributed by atoms with Gasteiger partial charge in [-0.25, -0.2) is 0 Å². The van der Waals surface area contributed by atoms with E-state index < -0.39 is 0 Å². The number of carbonyl (C=O) groups is 1. The molecule has 4 nitrogen and oxygen atoms in total. The van der Waals surface area contributed by atoms with Crippen molar-refractivity contribution in [2.75, 3.05) is 37.6 Å². The maximum Gasteiger partial charge on any atom is 0.223 e. The Balaban J connectivity index is 1.37. The van der Waals surface area contributed by atoms with Crippen molar-refractivity contribution in [2.45, 2.75) is 19.9 Å². The SMILES string of the molecule is Cc1ccccc1CNCCC(=O)N1CCN(c2ccccc2)CC1. The van der Waals surface area contributed by atoms with Crippen LogP contribution in [0.5, 0.6) is 0 Å². The van der Waals surface area contributed by atoms with Gasteiger partial charge in [0.1, 0.15) is 0 Å². The number of carbonyl (C=O) groups excluding carboxylic acids is 1. The van der Waals surface area contributed by atoms with Crippen LogP contribution in [-0.2, 0) is 11.3 Å². The van der Waals surface area contributed by atoms with Crippen LogP contribution in [0.25, 0.3) is 0 Å². The molecule has 1 amide bonds. The highest BCUT2D eigenvalue weighted by molar-refractivity contribution is 5.76. The molecule has 0 unspecified atom stereocenters. The minimum absolute atomic E-state index is 0.255. The topological polar surface area (TPSA) is 35.6 Å². The summed E-state index contributed by atoms with van der Waals surface area (Å²) in [4.78, 5) is 16.7. The lowest BCUT2D eigenvalue weighted by Crippen LogP contribution is -2.49. The summed E-state index contributed by atoms with van der Waals surface area (Å²) >= 11 is 0. The van der Waals surface area contributed by atoms with Crippen molar-refractivity contribution in [2.24, 2.45) is 0 Å². The van der Waals surface area contributed by atoms with Gasteiger partial charge in [0.25, 0.3) is 0 Å². The second-order valence-corrected chi connectivity index (χ2v) is 6.56. The summed E-state index contributed by atoms with van der Waals surface area (Å²) in [5.74, 6) is 0.255. The lowest BCUT2D eigenvalue weighted by atomic mass is 10.1. The van der Waals surface area contributed by atoms with Crippen molar-refractivity contribution in [1.29, 1.82) is 0 Å². The van der Waals surface area contributed by atoms with Gasteiger partial charge >= 0.3 is 0 Å². The molecule has 1 aliphatic rings. The quantitative estimate of drug-likeness (QED) is 0.824. The van der Waals surface area contributed by atoms with E-state index in [0.717, 1.165) is 39.3 Å². The van der Waals surface area contributed by atoms with Crippen LogP contribution in [0.2, 0.25) is 0 Å². The van der Waals surface area contributed by atoms with Crippen molar-refractivity contribution in [3.05, 3.63) is 65.7 Å². The zero-order valence-electron chi connectivity index (χ0n) is 14.9. The highest BCUT2D eigenvalue weighted by Gasteiger charge is 2.20. The van der Waals surface area contributed by atoms with Crippen LogP contribution in [0.1, 0.15) is 17.5 Å². The summed E-state index contributed by atoms with van der Waals surface area (Å²) < 4.78 is 0. The first-order valence-corrected chi connectivity index (χ1v) is 9.07. The molecule has 1 N–H and O–H groups in total. The van der Waals surface area contributed by atoms with Gasteiger partial charge in [-0.15, -0.1) is 0 Å². The van der Waals surface area contributed by atoms with Crippen LogP contribution in [-0.4, -0.2) is 43.5 Å². The van der Waals surface area contributed by atoms with E-state index in [1.165, 1.54) is 16.8 Å². The normalized spacial score (nSPS) is 14.6. The van der Waals surface area contributed by atoms with E-state index in [9.17, 15) is 4.79 Å². The molecule has 132 valence electrons. The van der Waals surface area contributed by atoms with Gasteiger partial charge in [-0.1, -0.05) is 42.5 Å². The standard InChI is InChI=1S/C21H27N3O/c1-18-7-5-6-8-19(18)17-22-12-11-21(25)24-15-13-23(14-16-24)20-9-3-2-4-10-20/h2-10,22H,11-17H2,1H3. The van der Waals surface area contributed by atoms with Crippen molar-refractivity contribution in [3.8, 4) is 0 Å². The van der Waals surface area contributed by atoms with Crippen LogP contribution in [0.15, 0.2) is 54.6 Å². The molecule has 3 rings (SSSR count). The zero-order chi connectivity index (χ0) is 17.5. The van der Waals surface area contributed by atoms with Crippen LogP contribution in [0.3, 0.4) is 0 Å². The fourth-order valence-electron chi connectivity index (χ4n) is 3.24. The average Bonchev–Trinajstić information content (AvgIpc) is 2.67. The number of rotatable bonds is 6. The average molecular weight is 337 g/mol. The largest absolute Gasteiger partial charge is 0.368 e. The molecule has 0 bridgehead atoms. The van der Waals surface area contributed by atoms with Gasteiger partial charge in [0.15, 0.2) is 0 Å². The fraction of sp³-hybridized carbons (Fsp3) is 0.381. The predicted octanol–water partition coefficient (Wildman–Crippen LogP) is 2.82. The number of hydrogen-bond donors (Lipinski definition) is 1. The summed E-state index contributed by atoms with van der Waals surface area (Å²) in [5.41, 5.74) is 3.83. The van der Waals surface area contributed by atoms with E-state index in [1.54, 1.807) is 0 Å².